The molecule has 0 bridgehead atoms. The third kappa shape index (κ3) is 36.2. The summed E-state index contributed by atoms with van der Waals surface area (Å²) in [5, 5.41) is 0. The Bertz CT molecular complexity index is 439. The number of unbranched alkanes of at least 4 members (excludes halogenated alkanes) is 32. The van der Waals surface area contributed by atoms with E-state index in [2.05, 4.69) is 20.8 Å². The van der Waals surface area contributed by atoms with Crippen molar-refractivity contribution in [1.82, 2.24) is 0 Å². The topological polar surface area (TPSA) is 0 Å². The summed E-state index contributed by atoms with van der Waals surface area (Å²) in [6.07, 6.45) is 55.6. The summed E-state index contributed by atoms with van der Waals surface area (Å²) in [6, 6.07) is 0. The maximum absolute atomic E-state index is 4.05. The van der Waals surface area contributed by atoms with Gasteiger partial charge in [0.15, 0.2) is 0 Å². The highest BCUT2D eigenvalue weighted by Gasteiger charge is 2.09. The molecule has 0 heteroatoms. The Kier molecular flexibility index (Phi) is 39.0. The predicted octanol–water partition coefficient (Wildman–Crippen LogP) is 16.3. The van der Waals surface area contributed by atoms with Crippen LogP contribution in [0.2, 0.25) is 0 Å². The molecule has 1 atom stereocenters. The number of rotatable bonds is 38. The molecule has 0 heterocycles. The predicted molar refractivity (Wildman–Crippen MR) is 196 cm³/mol. The Morgan fingerprint density at radius 3 is 0.667 bits per heavy atom. The first-order chi connectivity index (χ1) is 20.8. The van der Waals surface area contributed by atoms with Gasteiger partial charge in [0.1, 0.15) is 0 Å². The number of hydrogen-bond donors (Lipinski definition) is 0. The number of hydrogen-bond acceptors (Lipinski definition) is 0. The smallest absolute Gasteiger partial charge is 0.0414 e. The van der Waals surface area contributed by atoms with Gasteiger partial charge >= 0.3 is 0 Å². The van der Waals surface area contributed by atoms with Crippen LogP contribution in [0.25, 0.3) is 0 Å². The summed E-state index contributed by atoms with van der Waals surface area (Å²) in [4.78, 5) is 0. The first kappa shape index (κ1) is 42.0. The van der Waals surface area contributed by atoms with Crippen LogP contribution < -0.4 is 0 Å². The summed E-state index contributed by atoms with van der Waals surface area (Å²) in [6.45, 7) is 8.67. The Balaban J connectivity index is 3.60. The van der Waals surface area contributed by atoms with Gasteiger partial charge in [-0.3, -0.25) is 0 Å². The largest absolute Gasteiger partial charge is 0.0654 e. The zero-order valence-electron chi connectivity index (χ0n) is 30.2. The quantitative estimate of drug-likeness (QED) is 0.0628. The van der Waals surface area contributed by atoms with E-state index in [4.69, 9.17) is 0 Å². The second-order valence-corrected chi connectivity index (χ2v) is 14.4. The lowest BCUT2D eigenvalue weighted by Gasteiger charge is -2.17. The van der Waals surface area contributed by atoms with E-state index in [0.29, 0.717) is 0 Å². The van der Waals surface area contributed by atoms with Crippen LogP contribution in [0, 0.1) is 12.8 Å². The SMILES string of the molecule is [CH2]CCCCCC(CCCCCCCCCCCCCCCCC)CCCCCCCCCCCCCCCCCC. The van der Waals surface area contributed by atoms with Gasteiger partial charge < -0.3 is 0 Å². The molecule has 0 aromatic rings. The standard InChI is InChI=1S/C42H85/c1-4-7-10-13-15-17-19-21-23-25-27-29-31-33-35-38-41-42(39-36-12-9-6-3)40-37-34-32-30-28-26-24-22-20-18-16-14-11-8-5-2/h42H,3-41H2,1-2H3. The molecule has 0 nitrogen and oxygen atoms in total. The zero-order chi connectivity index (χ0) is 30.4. The monoisotopic (exact) mass is 590 g/mol. The zero-order valence-corrected chi connectivity index (χ0v) is 30.2. The van der Waals surface area contributed by atoms with Crippen LogP contribution in [0.1, 0.15) is 258 Å². The van der Waals surface area contributed by atoms with E-state index in [-0.39, 0.29) is 0 Å². The highest BCUT2D eigenvalue weighted by molar-refractivity contribution is 4.62. The fourth-order valence-corrected chi connectivity index (χ4v) is 7.01. The average molecular weight is 590 g/mol. The first-order valence-corrected chi connectivity index (χ1v) is 20.6. The summed E-state index contributed by atoms with van der Waals surface area (Å²) in [5.74, 6) is 1.02. The van der Waals surface area contributed by atoms with Gasteiger partial charge in [0.25, 0.3) is 0 Å². The molecule has 0 rings (SSSR count). The van der Waals surface area contributed by atoms with E-state index in [1.165, 1.54) is 238 Å². The van der Waals surface area contributed by atoms with Crippen molar-refractivity contribution in [2.24, 2.45) is 5.92 Å². The summed E-state index contributed by atoms with van der Waals surface area (Å²) >= 11 is 0. The van der Waals surface area contributed by atoms with E-state index in [9.17, 15) is 0 Å². The van der Waals surface area contributed by atoms with Crippen LogP contribution in [0.3, 0.4) is 0 Å². The minimum atomic E-state index is 1.02. The van der Waals surface area contributed by atoms with Gasteiger partial charge in [-0.25, -0.2) is 0 Å². The molecular formula is C42H85. The maximum Gasteiger partial charge on any atom is -0.0414 e. The lowest BCUT2D eigenvalue weighted by atomic mass is 9.89. The van der Waals surface area contributed by atoms with Crippen LogP contribution in [0.5, 0.6) is 0 Å². The Labute approximate surface area is 270 Å². The molecule has 0 fully saturated rings. The summed E-state index contributed by atoms with van der Waals surface area (Å²) in [5.41, 5.74) is 0. The van der Waals surface area contributed by atoms with E-state index in [1.807, 2.05) is 0 Å². The minimum Gasteiger partial charge on any atom is -0.0654 e. The molecule has 42 heavy (non-hydrogen) atoms. The lowest BCUT2D eigenvalue weighted by molar-refractivity contribution is 0.366. The van der Waals surface area contributed by atoms with Gasteiger partial charge in [-0.1, -0.05) is 265 Å². The van der Waals surface area contributed by atoms with Crippen molar-refractivity contribution >= 4 is 0 Å². The fourth-order valence-electron chi connectivity index (χ4n) is 7.01. The molecule has 0 amide bonds. The molecule has 0 N–H and O–H groups in total. The lowest BCUT2D eigenvalue weighted by Crippen LogP contribution is -2.01. The fraction of sp³-hybridized carbons (Fsp3) is 0.976. The van der Waals surface area contributed by atoms with Gasteiger partial charge in [0.2, 0.25) is 0 Å². The molecule has 0 spiro atoms. The average Bonchev–Trinajstić information content (AvgIpc) is 3.00. The summed E-state index contributed by atoms with van der Waals surface area (Å²) < 4.78 is 0. The van der Waals surface area contributed by atoms with Crippen molar-refractivity contribution in [3.63, 3.8) is 0 Å². The Morgan fingerprint density at radius 2 is 0.452 bits per heavy atom. The molecule has 0 aliphatic rings. The van der Waals surface area contributed by atoms with E-state index in [1.54, 1.807) is 0 Å². The second-order valence-electron chi connectivity index (χ2n) is 14.4. The van der Waals surface area contributed by atoms with E-state index >= 15 is 0 Å². The third-order valence-corrected chi connectivity index (χ3v) is 10.0. The minimum absolute atomic E-state index is 1.02. The van der Waals surface area contributed by atoms with Crippen molar-refractivity contribution < 1.29 is 0 Å². The Hall–Kier alpha value is 0. The van der Waals surface area contributed by atoms with Crippen LogP contribution in [0.15, 0.2) is 0 Å². The van der Waals surface area contributed by atoms with Crippen LogP contribution >= 0.6 is 0 Å². The van der Waals surface area contributed by atoms with E-state index in [0.717, 1.165) is 12.3 Å². The molecule has 0 aromatic heterocycles. The van der Waals surface area contributed by atoms with Gasteiger partial charge in [-0.2, -0.15) is 0 Å². The molecule has 0 saturated heterocycles. The molecular weight excluding hydrogens is 504 g/mol. The summed E-state index contributed by atoms with van der Waals surface area (Å²) in [7, 11) is 0. The van der Waals surface area contributed by atoms with Gasteiger partial charge in [0.05, 0.1) is 0 Å². The van der Waals surface area contributed by atoms with Gasteiger partial charge in [-0.15, -0.1) is 0 Å². The first-order valence-electron chi connectivity index (χ1n) is 20.6. The molecule has 1 radical (unpaired) electrons. The van der Waals surface area contributed by atoms with Gasteiger partial charge in [0, 0.05) is 0 Å². The van der Waals surface area contributed by atoms with Crippen LogP contribution in [-0.4, -0.2) is 0 Å². The Morgan fingerprint density at radius 1 is 0.262 bits per heavy atom. The second kappa shape index (κ2) is 39.0. The van der Waals surface area contributed by atoms with E-state index < -0.39 is 0 Å². The maximum atomic E-state index is 4.05. The molecule has 0 saturated carbocycles. The normalized spacial score (nSPS) is 12.4. The van der Waals surface area contributed by atoms with Crippen molar-refractivity contribution in [1.29, 1.82) is 0 Å². The van der Waals surface area contributed by atoms with Crippen molar-refractivity contribution in [3.8, 4) is 0 Å². The molecule has 1 unspecified atom stereocenters. The molecule has 0 aliphatic carbocycles. The van der Waals surface area contributed by atoms with Crippen LogP contribution in [0.4, 0.5) is 0 Å². The molecule has 253 valence electrons. The van der Waals surface area contributed by atoms with Crippen LogP contribution in [-0.2, 0) is 0 Å². The van der Waals surface area contributed by atoms with Crippen molar-refractivity contribution in [3.05, 3.63) is 6.92 Å². The molecule has 0 aromatic carbocycles. The third-order valence-electron chi connectivity index (χ3n) is 10.0. The highest BCUT2D eigenvalue weighted by atomic mass is 14.1. The molecule has 0 aliphatic heterocycles. The highest BCUT2D eigenvalue weighted by Crippen LogP contribution is 2.25. The van der Waals surface area contributed by atoms with Crippen molar-refractivity contribution in [2.45, 2.75) is 258 Å². The van der Waals surface area contributed by atoms with Gasteiger partial charge in [-0.05, 0) is 5.92 Å². The van der Waals surface area contributed by atoms with Crippen molar-refractivity contribution in [2.75, 3.05) is 0 Å².